The van der Waals surface area contributed by atoms with E-state index in [0.29, 0.717) is 30.3 Å². The number of carbonyl (C=O) groups excluding carboxylic acids is 1. The molecule has 0 saturated heterocycles. The summed E-state index contributed by atoms with van der Waals surface area (Å²) in [6, 6.07) is 13.3. The van der Waals surface area contributed by atoms with Crippen LogP contribution >= 0.6 is 11.8 Å². The third kappa shape index (κ3) is 4.52. The zero-order valence-corrected chi connectivity index (χ0v) is 16.3. The zero-order valence-electron chi connectivity index (χ0n) is 15.5. The largest absolute Gasteiger partial charge is 0.490 e. The molecule has 5 nitrogen and oxygen atoms in total. The number of aliphatic imine (C=N–C) groups is 1. The Hall–Kier alpha value is -2.73. The molecule has 1 heterocycles. The Morgan fingerprint density at radius 2 is 1.74 bits per heavy atom. The molecule has 2 aromatic carbocycles. The quantitative estimate of drug-likeness (QED) is 0.399. The Labute approximate surface area is 163 Å². The molecule has 2 aromatic rings. The number of hydrogen-bond donors (Lipinski definition) is 0. The van der Waals surface area contributed by atoms with Gasteiger partial charge in [-0.1, -0.05) is 12.1 Å². The fourth-order valence-corrected chi connectivity index (χ4v) is 2.98. The summed E-state index contributed by atoms with van der Waals surface area (Å²) in [5.41, 5.74) is 1.83. The van der Waals surface area contributed by atoms with Crippen LogP contribution < -0.4 is 9.47 Å². The van der Waals surface area contributed by atoms with E-state index < -0.39 is 5.97 Å². The van der Waals surface area contributed by atoms with Crippen molar-refractivity contribution in [2.75, 3.05) is 19.5 Å². The lowest BCUT2D eigenvalue weighted by atomic mass is 10.2. The predicted molar refractivity (Wildman–Crippen MR) is 108 cm³/mol. The van der Waals surface area contributed by atoms with E-state index in [1.165, 1.54) is 0 Å². The summed E-state index contributed by atoms with van der Waals surface area (Å²) < 4.78 is 16.5. The second-order valence-corrected chi connectivity index (χ2v) is 6.52. The average Bonchev–Trinajstić information content (AvgIpc) is 3.04. The van der Waals surface area contributed by atoms with Gasteiger partial charge in [-0.25, -0.2) is 9.79 Å². The van der Waals surface area contributed by atoms with Crippen molar-refractivity contribution in [3.05, 3.63) is 59.3 Å². The fraction of sp³-hybridized carbons (Fsp3) is 0.238. The summed E-state index contributed by atoms with van der Waals surface area (Å²) in [7, 11) is 0. The highest BCUT2D eigenvalue weighted by Crippen LogP contribution is 2.30. The number of benzene rings is 2. The minimum atomic E-state index is -0.467. The van der Waals surface area contributed by atoms with Gasteiger partial charge < -0.3 is 14.2 Å². The summed E-state index contributed by atoms with van der Waals surface area (Å²) in [5.74, 6) is 1.04. The standard InChI is InChI=1S/C21H21NO4S/c1-4-24-18-11-8-15(13-19(18)25-5-2)20-22-17(21(23)26-20)12-14-6-9-16(27-3)10-7-14/h6-13H,4-5H2,1-3H3/b17-12-. The van der Waals surface area contributed by atoms with Gasteiger partial charge in [-0.3, -0.25) is 0 Å². The van der Waals surface area contributed by atoms with Gasteiger partial charge in [0.2, 0.25) is 5.90 Å². The number of esters is 1. The number of cyclic esters (lactones) is 1. The molecule has 6 heteroatoms. The molecular formula is C21H21NO4S. The van der Waals surface area contributed by atoms with Gasteiger partial charge in [-0.15, -0.1) is 11.8 Å². The van der Waals surface area contributed by atoms with Gasteiger partial charge in [0.15, 0.2) is 17.2 Å². The maximum Gasteiger partial charge on any atom is 0.363 e. The van der Waals surface area contributed by atoms with Gasteiger partial charge in [0.1, 0.15) is 0 Å². The lowest BCUT2D eigenvalue weighted by Crippen LogP contribution is -2.06. The normalized spacial score (nSPS) is 14.9. The van der Waals surface area contributed by atoms with Crippen molar-refractivity contribution in [3.8, 4) is 11.5 Å². The summed E-state index contributed by atoms with van der Waals surface area (Å²) in [4.78, 5) is 17.7. The minimum Gasteiger partial charge on any atom is -0.490 e. The first-order chi connectivity index (χ1) is 13.1. The van der Waals surface area contributed by atoms with Crippen molar-refractivity contribution in [2.24, 2.45) is 4.99 Å². The number of ether oxygens (including phenoxy) is 3. The molecule has 0 atom stereocenters. The van der Waals surface area contributed by atoms with Crippen molar-refractivity contribution in [3.63, 3.8) is 0 Å². The molecule has 1 aliphatic rings. The van der Waals surface area contributed by atoms with Gasteiger partial charge in [-0.05, 0) is 62.1 Å². The Balaban J connectivity index is 1.88. The number of rotatable bonds is 7. The number of carbonyl (C=O) groups is 1. The Bertz CT molecular complexity index is 888. The molecule has 0 amide bonds. The molecule has 0 fully saturated rings. The topological polar surface area (TPSA) is 57.1 Å². The molecule has 0 N–H and O–H groups in total. The predicted octanol–water partition coefficient (Wildman–Crippen LogP) is 4.55. The second kappa shape index (κ2) is 8.77. The maximum atomic E-state index is 12.2. The molecule has 0 bridgehead atoms. The van der Waals surface area contributed by atoms with E-state index in [0.717, 1.165) is 10.5 Å². The molecule has 1 aliphatic heterocycles. The summed E-state index contributed by atoms with van der Waals surface area (Å²) in [6.45, 7) is 4.86. The van der Waals surface area contributed by atoms with E-state index in [9.17, 15) is 4.79 Å². The summed E-state index contributed by atoms with van der Waals surface area (Å²) in [6.07, 6.45) is 3.74. The average molecular weight is 383 g/mol. The first-order valence-electron chi connectivity index (χ1n) is 8.71. The van der Waals surface area contributed by atoms with E-state index in [1.54, 1.807) is 36.0 Å². The molecule has 0 spiro atoms. The van der Waals surface area contributed by atoms with E-state index in [4.69, 9.17) is 14.2 Å². The molecular weight excluding hydrogens is 362 g/mol. The minimum absolute atomic E-state index is 0.260. The Morgan fingerprint density at radius 3 is 2.41 bits per heavy atom. The molecule has 0 saturated carbocycles. The monoisotopic (exact) mass is 383 g/mol. The van der Waals surface area contributed by atoms with E-state index in [1.807, 2.05) is 44.4 Å². The van der Waals surface area contributed by atoms with Crippen LogP contribution in [-0.4, -0.2) is 31.3 Å². The van der Waals surface area contributed by atoms with Crippen LogP contribution in [0.25, 0.3) is 6.08 Å². The molecule has 0 radical (unpaired) electrons. The van der Waals surface area contributed by atoms with Gasteiger partial charge in [-0.2, -0.15) is 0 Å². The first-order valence-corrected chi connectivity index (χ1v) is 9.93. The lowest BCUT2D eigenvalue weighted by molar-refractivity contribution is -0.129. The van der Waals surface area contributed by atoms with E-state index in [2.05, 4.69) is 4.99 Å². The molecule has 0 aromatic heterocycles. The first kappa shape index (κ1) is 19.0. The maximum absolute atomic E-state index is 12.2. The SMILES string of the molecule is CCOc1ccc(C2=N/C(=C\c3ccc(SC)cc3)C(=O)O2)cc1OCC. The Morgan fingerprint density at radius 1 is 1.04 bits per heavy atom. The van der Waals surface area contributed by atoms with Crippen molar-refractivity contribution >= 4 is 29.7 Å². The van der Waals surface area contributed by atoms with Crippen LogP contribution in [0.3, 0.4) is 0 Å². The van der Waals surface area contributed by atoms with E-state index in [-0.39, 0.29) is 11.6 Å². The molecule has 27 heavy (non-hydrogen) atoms. The van der Waals surface area contributed by atoms with Crippen LogP contribution in [0, 0.1) is 0 Å². The van der Waals surface area contributed by atoms with Gasteiger partial charge in [0.05, 0.1) is 13.2 Å². The molecule has 0 unspecified atom stereocenters. The van der Waals surface area contributed by atoms with Crippen LogP contribution in [-0.2, 0) is 9.53 Å². The van der Waals surface area contributed by atoms with Gasteiger partial charge in [0, 0.05) is 10.5 Å². The number of hydrogen-bond acceptors (Lipinski definition) is 6. The molecule has 3 rings (SSSR count). The van der Waals surface area contributed by atoms with Crippen molar-refractivity contribution in [2.45, 2.75) is 18.7 Å². The van der Waals surface area contributed by atoms with Crippen molar-refractivity contribution in [1.82, 2.24) is 0 Å². The van der Waals surface area contributed by atoms with Crippen LogP contribution in [0.5, 0.6) is 11.5 Å². The third-order valence-electron chi connectivity index (χ3n) is 3.83. The van der Waals surface area contributed by atoms with E-state index >= 15 is 0 Å². The summed E-state index contributed by atoms with van der Waals surface area (Å²) >= 11 is 1.67. The van der Waals surface area contributed by atoms with Crippen LogP contribution in [0.1, 0.15) is 25.0 Å². The smallest absolute Gasteiger partial charge is 0.363 e. The fourth-order valence-electron chi connectivity index (χ4n) is 2.57. The van der Waals surface area contributed by atoms with Crippen LogP contribution in [0.15, 0.2) is 58.0 Å². The molecule has 140 valence electrons. The Kier molecular flexibility index (Phi) is 6.19. The van der Waals surface area contributed by atoms with Gasteiger partial charge >= 0.3 is 5.97 Å². The van der Waals surface area contributed by atoms with Crippen LogP contribution in [0.2, 0.25) is 0 Å². The second-order valence-electron chi connectivity index (χ2n) is 5.64. The zero-order chi connectivity index (χ0) is 19.2. The van der Waals surface area contributed by atoms with Crippen molar-refractivity contribution < 1.29 is 19.0 Å². The molecule has 0 aliphatic carbocycles. The lowest BCUT2D eigenvalue weighted by Gasteiger charge is -2.11. The highest BCUT2D eigenvalue weighted by molar-refractivity contribution is 7.98. The van der Waals surface area contributed by atoms with Crippen LogP contribution in [0.4, 0.5) is 0 Å². The highest BCUT2D eigenvalue weighted by atomic mass is 32.2. The highest BCUT2D eigenvalue weighted by Gasteiger charge is 2.25. The van der Waals surface area contributed by atoms with Crippen molar-refractivity contribution in [1.29, 1.82) is 0 Å². The summed E-state index contributed by atoms with van der Waals surface area (Å²) in [5, 5.41) is 0. The number of thioether (sulfide) groups is 1. The van der Waals surface area contributed by atoms with Gasteiger partial charge in [0.25, 0.3) is 0 Å². The number of nitrogens with zero attached hydrogens (tertiary/aromatic N) is 1. The third-order valence-corrected chi connectivity index (χ3v) is 4.57.